The van der Waals surface area contributed by atoms with E-state index in [4.69, 9.17) is 4.74 Å². The van der Waals surface area contributed by atoms with Gasteiger partial charge in [-0.15, -0.1) is 0 Å². The molecule has 1 heterocycles. The van der Waals surface area contributed by atoms with Crippen molar-refractivity contribution in [3.8, 4) is 0 Å². The summed E-state index contributed by atoms with van der Waals surface area (Å²) in [6, 6.07) is -0.101. The lowest BCUT2D eigenvalue weighted by Crippen LogP contribution is -2.53. The molecule has 0 radical (unpaired) electrons. The Morgan fingerprint density at radius 3 is 2.71 bits per heavy atom. The Bertz CT molecular complexity index is 206. The smallest absolute Gasteiger partial charge is 0.409 e. The predicted octanol–water partition coefficient (Wildman–Crippen LogP) is 1.23. The van der Waals surface area contributed by atoms with Crippen molar-refractivity contribution in [2.24, 2.45) is 5.92 Å². The maximum atomic E-state index is 11.4. The molecule has 0 saturated carbocycles. The molecule has 0 aromatic carbocycles. The normalized spacial score (nSPS) is 27.9. The number of nitrogens with zero attached hydrogens (tertiary/aromatic N) is 1. The van der Waals surface area contributed by atoms with Crippen LogP contribution in [0.3, 0.4) is 0 Å². The number of methoxy groups -OCH3 is 1. The molecule has 14 heavy (non-hydrogen) atoms. The van der Waals surface area contributed by atoms with E-state index in [1.807, 2.05) is 13.8 Å². The van der Waals surface area contributed by atoms with Crippen molar-refractivity contribution in [3.05, 3.63) is 0 Å². The van der Waals surface area contributed by atoms with Gasteiger partial charge in [0.2, 0.25) is 0 Å². The van der Waals surface area contributed by atoms with E-state index >= 15 is 0 Å². The first kappa shape index (κ1) is 11.3. The third-order valence-electron chi connectivity index (χ3n) is 2.75. The van der Waals surface area contributed by atoms with Crippen molar-refractivity contribution in [2.75, 3.05) is 13.7 Å². The van der Waals surface area contributed by atoms with E-state index in [0.29, 0.717) is 6.54 Å². The molecule has 0 aliphatic carbocycles. The predicted molar refractivity (Wildman–Crippen MR) is 53.0 cm³/mol. The van der Waals surface area contributed by atoms with Crippen LogP contribution in [0.4, 0.5) is 4.79 Å². The van der Waals surface area contributed by atoms with Gasteiger partial charge in [-0.05, 0) is 18.8 Å². The molecule has 2 unspecified atom stereocenters. The number of likely N-dealkylation sites (tertiary alicyclic amines) is 1. The lowest BCUT2D eigenvalue weighted by atomic mass is 9.90. The van der Waals surface area contributed by atoms with E-state index < -0.39 is 6.10 Å². The van der Waals surface area contributed by atoms with Gasteiger partial charge >= 0.3 is 6.09 Å². The minimum absolute atomic E-state index is 0.101. The van der Waals surface area contributed by atoms with Crippen LogP contribution < -0.4 is 0 Å². The van der Waals surface area contributed by atoms with E-state index in [-0.39, 0.29) is 18.1 Å². The Morgan fingerprint density at radius 1 is 1.57 bits per heavy atom. The molecule has 4 nitrogen and oxygen atoms in total. The summed E-state index contributed by atoms with van der Waals surface area (Å²) in [4.78, 5) is 13.1. The largest absolute Gasteiger partial charge is 0.453 e. The minimum atomic E-state index is -0.414. The van der Waals surface area contributed by atoms with Crippen molar-refractivity contribution < 1.29 is 14.6 Å². The zero-order chi connectivity index (χ0) is 10.7. The quantitative estimate of drug-likeness (QED) is 0.694. The molecule has 0 aromatic heterocycles. The van der Waals surface area contributed by atoms with Crippen LogP contribution in [0.15, 0.2) is 0 Å². The summed E-state index contributed by atoms with van der Waals surface area (Å²) in [6.45, 7) is 4.71. The number of piperidine rings is 1. The van der Waals surface area contributed by atoms with E-state index in [1.165, 1.54) is 7.11 Å². The summed E-state index contributed by atoms with van der Waals surface area (Å²) in [6.07, 6.45) is 0.876. The summed E-state index contributed by atoms with van der Waals surface area (Å²) in [7, 11) is 1.38. The van der Waals surface area contributed by atoms with E-state index in [0.717, 1.165) is 12.8 Å². The number of carbonyl (C=O) groups excluding carboxylic acids is 1. The highest BCUT2D eigenvalue weighted by molar-refractivity contribution is 5.68. The van der Waals surface area contributed by atoms with Crippen molar-refractivity contribution >= 4 is 6.09 Å². The lowest BCUT2D eigenvalue weighted by molar-refractivity contribution is -0.00771. The molecule has 1 aliphatic rings. The van der Waals surface area contributed by atoms with Crippen molar-refractivity contribution in [2.45, 2.75) is 38.8 Å². The highest BCUT2D eigenvalue weighted by Crippen LogP contribution is 2.24. The van der Waals surface area contributed by atoms with Crippen LogP contribution in [0.2, 0.25) is 0 Å². The summed E-state index contributed by atoms with van der Waals surface area (Å²) >= 11 is 0. The molecule has 2 atom stereocenters. The first-order valence-corrected chi connectivity index (χ1v) is 5.10. The zero-order valence-electron chi connectivity index (χ0n) is 9.06. The van der Waals surface area contributed by atoms with E-state index in [9.17, 15) is 9.90 Å². The number of aliphatic hydroxyl groups excluding tert-OH is 1. The van der Waals surface area contributed by atoms with Gasteiger partial charge in [0.1, 0.15) is 0 Å². The molecule has 1 fully saturated rings. The fourth-order valence-electron chi connectivity index (χ4n) is 2.13. The number of aliphatic hydroxyl groups is 1. The summed E-state index contributed by atoms with van der Waals surface area (Å²) < 4.78 is 4.69. The summed E-state index contributed by atoms with van der Waals surface area (Å²) in [5.74, 6) is 0.254. The number of rotatable bonds is 1. The first-order chi connectivity index (χ1) is 6.57. The van der Waals surface area contributed by atoms with Gasteiger partial charge in [0.15, 0.2) is 0 Å². The van der Waals surface area contributed by atoms with Gasteiger partial charge in [-0.2, -0.15) is 0 Å². The van der Waals surface area contributed by atoms with Crippen LogP contribution in [0.5, 0.6) is 0 Å². The van der Waals surface area contributed by atoms with Gasteiger partial charge in [-0.25, -0.2) is 4.79 Å². The van der Waals surface area contributed by atoms with Crippen LogP contribution >= 0.6 is 0 Å². The van der Waals surface area contributed by atoms with Gasteiger partial charge in [-0.1, -0.05) is 13.8 Å². The van der Waals surface area contributed by atoms with Crippen LogP contribution in [0, 0.1) is 5.92 Å². The number of ether oxygens (including phenoxy) is 1. The second kappa shape index (κ2) is 4.64. The fourth-order valence-corrected chi connectivity index (χ4v) is 2.13. The monoisotopic (exact) mass is 201 g/mol. The molecule has 1 amide bonds. The molecule has 0 bridgehead atoms. The van der Waals surface area contributed by atoms with Crippen LogP contribution in [0.25, 0.3) is 0 Å². The Balaban J connectivity index is 2.74. The van der Waals surface area contributed by atoms with Gasteiger partial charge in [0.05, 0.1) is 19.3 Å². The molecule has 1 N–H and O–H groups in total. The van der Waals surface area contributed by atoms with Crippen molar-refractivity contribution in [1.29, 1.82) is 0 Å². The minimum Gasteiger partial charge on any atom is -0.453 e. The lowest BCUT2D eigenvalue weighted by Gasteiger charge is -2.40. The topological polar surface area (TPSA) is 49.8 Å². The van der Waals surface area contributed by atoms with Crippen molar-refractivity contribution in [3.63, 3.8) is 0 Å². The second-order valence-electron chi connectivity index (χ2n) is 4.11. The molecule has 0 aromatic rings. The second-order valence-corrected chi connectivity index (χ2v) is 4.11. The van der Waals surface area contributed by atoms with Crippen LogP contribution in [-0.4, -0.2) is 41.9 Å². The molecule has 1 saturated heterocycles. The van der Waals surface area contributed by atoms with Gasteiger partial charge in [0.25, 0.3) is 0 Å². The number of amides is 1. The van der Waals surface area contributed by atoms with E-state index in [1.54, 1.807) is 4.90 Å². The molecule has 0 spiro atoms. The molecular formula is C10H19NO3. The van der Waals surface area contributed by atoms with Gasteiger partial charge < -0.3 is 14.7 Å². The molecular weight excluding hydrogens is 182 g/mol. The highest BCUT2D eigenvalue weighted by Gasteiger charge is 2.35. The van der Waals surface area contributed by atoms with Crippen LogP contribution in [0.1, 0.15) is 26.7 Å². The number of hydrogen-bond acceptors (Lipinski definition) is 3. The fraction of sp³-hybridized carbons (Fsp3) is 0.900. The average Bonchev–Trinajstić information content (AvgIpc) is 2.15. The van der Waals surface area contributed by atoms with Crippen molar-refractivity contribution in [1.82, 2.24) is 4.90 Å². The Kier molecular flexibility index (Phi) is 3.75. The SMILES string of the molecule is COC(=O)N1CCCC(O)C1C(C)C. The Morgan fingerprint density at radius 2 is 2.21 bits per heavy atom. The Hall–Kier alpha value is -0.770. The number of hydrogen-bond donors (Lipinski definition) is 1. The molecule has 1 aliphatic heterocycles. The molecule has 1 rings (SSSR count). The zero-order valence-corrected chi connectivity index (χ0v) is 9.06. The number of carbonyl (C=O) groups is 1. The maximum Gasteiger partial charge on any atom is 0.409 e. The summed E-state index contributed by atoms with van der Waals surface area (Å²) in [5, 5.41) is 9.80. The molecule has 4 heteroatoms. The summed E-state index contributed by atoms with van der Waals surface area (Å²) in [5.41, 5.74) is 0. The van der Waals surface area contributed by atoms with Crippen LogP contribution in [-0.2, 0) is 4.74 Å². The van der Waals surface area contributed by atoms with E-state index in [2.05, 4.69) is 0 Å². The first-order valence-electron chi connectivity index (χ1n) is 5.10. The Labute approximate surface area is 84.8 Å². The molecule has 82 valence electrons. The average molecular weight is 201 g/mol. The standard InChI is InChI=1S/C10H19NO3/c1-7(2)9-8(12)5-4-6-11(9)10(13)14-3/h7-9,12H,4-6H2,1-3H3. The highest BCUT2D eigenvalue weighted by atomic mass is 16.5. The maximum absolute atomic E-state index is 11.4. The third kappa shape index (κ3) is 2.18. The van der Waals surface area contributed by atoms with Gasteiger partial charge in [0, 0.05) is 6.54 Å². The third-order valence-corrected chi connectivity index (χ3v) is 2.75. The van der Waals surface area contributed by atoms with Gasteiger partial charge in [-0.3, -0.25) is 0 Å².